The number of piperidine rings is 1. The second-order valence-electron chi connectivity index (χ2n) is 9.94. The molecule has 2 aromatic heterocycles. The lowest BCUT2D eigenvalue weighted by Gasteiger charge is -2.41. The fourth-order valence-electron chi connectivity index (χ4n) is 5.33. The molecule has 3 heterocycles. The number of pyridine rings is 2. The van der Waals surface area contributed by atoms with Crippen LogP contribution in [0, 0.1) is 23.4 Å². The molecule has 0 bridgehead atoms. The third-order valence-electron chi connectivity index (χ3n) is 7.28. The maximum atomic E-state index is 14.5. The van der Waals surface area contributed by atoms with Crippen molar-refractivity contribution in [2.45, 2.75) is 44.8 Å². The number of amides is 1. The van der Waals surface area contributed by atoms with E-state index in [1.165, 1.54) is 0 Å². The Morgan fingerprint density at radius 1 is 1.11 bits per heavy atom. The minimum absolute atomic E-state index is 0.0908. The minimum atomic E-state index is -0.985. The Kier molecular flexibility index (Phi) is 6.63. The Bertz CT molecular complexity index is 1340. The van der Waals surface area contributed by atoms with E-state index in [4.69, 9.17) is 5.73 Å². The van der Waals surface area contributed by atoms with Gasteiger partial charge in [0.15, 0.2) is 0 Å². The molecule has 0 radical (unpaired) electrons. The Labute approximate surface area is 212 Å². The molecule has 4 N–H and O–H groups in total. The van der Waals surface area contributed by atoms with Gasteiger partial charge < -0.3 is 21.1 Å². The number of aromatic nitrogens is 2. The van der Waals surface area contributed by atoms with Crippen LogP contribution in [0.1, 0.15) is 47.9 Å². The molecule has 1 saturated heterocycles. The molecule has 7 nitrogen and oxygen atoms in total. The summed E-state index contributed by atoms with van der Waals surface area (Å²) in [6, 6.07) is 4.81. The zero-order valence-corrected chi connectivity index (χ0v) is 20.5. The first-order valence-electron chi connectivity index (χ1n) is 12.3. The lowest BCUT2D eigenvalue weighted by molar-refractivity contribution is 0.0785. The molecule has 1 amide bonds. The van der Waals surface area contributed by atoms with Crippen molar-refractivity contribution in [2.75, 3.05) is 23.3 Å². The molecule has 4 atom stereocenters. The molecule has 1 aromatic carbocycles. The second kappa shape index (κ2) is 9.75. The first-order chi connectivity index (χ1) is 17.7. The molecular formula is C27H28F3N5O2. The van der Waals surface area contributed by atoms with Gasteiger partial charge in [0.1, 0.15) is 28.8 Å². The summed E-state index contributed by atoms with van der Waals surface area (Å²) in [5, 5.41) is 13.2. The lowest BCUT2D eigenvalue weighted by atomic mass is 9.92. The van der Waals surface area contributed by atoms with Gasteiger partial charge in [0, 0.05) is 30.7 Å². The van der Waals surface area contributed by atoms with Gasteiger partial charge in [-0.2, -0.15) is 0 Å². The number of benzene rings is 1. The highest BCUT2D eigenvalue weighted by Gasteiger charge is 2.35. The number of hydrogen-bond acceptors (Lipinski definition) is 6. The van der Waals surface area contributed by atoms with Crippen LogP contribution in [0.15, 0.2) is 36.5 Å². The van der Waals surface area contributed by atoms with E-state index in [-0.39, 0.29) is 17.5 Å². The second-order valence-corrected chi connectivity index (χ2v) is 9.94. The van der Waals surface area contributed by atoms with Crippen molar-refractivity contribution in [1.82, 2.24) is 9.97 Å². The average molecular weight is 512 g/mol. The summed E-state index contributed by atoms with van der Waals surface area (Å²) in [5.41, 5.74) is 7.97. The van der Waals surface area contributed by atoms with Gasteiger partial charge in [-0.3, -0.25) is 9.78 Å². The molecule has 194 valence electrons. The van der Waals surface area contributed by atoms with Crippen LogP contribution in [0.2, 0.25) is 0 Å². The highest BCUT2D eigenvalue weighted by Crippen LogP contribution is 2.42. The topological polar surface area (TPSA) is 104 Å². The average Bonchev–Trinajstić information content (AvgIpc) is 3.23. The molecule has 1 aliphatic carbocycles. The number of anilines is 2. The quantitative estimate of drug-likeness (QED) is 0.489. The van der Waals surface area contributed by atoms with Crippen LogP contribution < -0.4 is 16.0 Å². The minimum Gasteiger partial charge on any atom is -0.391 e. The van der Waals surface area contributed by atoms with Gasteiger partial charge in [0.25, 0.3) is 5.91 Å². The maximum absolute atomic E-state index is 14.5. The van der Waals surface area contributed by atoms with Crippen LogP contribution in [-0.4, -0.2) is 46.2 Å². The summed E-state index contributed by atoms with van der Waals surface area (Å²) >= 11 is 0. The van der Waals surface area contributed by atoms with Crippen LogP contribution in [0.3, 0.4) is 0 Å². The van der Waals surface area contributed by atoms with Crippen LogP contribution in [0.4, 0.5) is 24.5 Å². The fourth-order valence-corrected chi connectivity index (χ4v) is 5.33. The Morgan fingerprint density at radius 2 is 1.84 bits per heavy atom. The molecule has 0 saturated carbocycles. The summed E-state index contributed by atoms with van der Waals surface area (Å²) in [6.07, 6.45) is 2.64. The van der Waals surface area contributed by atoms with E-state index in [0.717, 1.165) is 60.1 Å². The van der Waals surface area contributed by atoms with Crippen molar-refractivity contribution in [3.05, 3.63) is 70.9 Å². The summed E-state index contributed by atoms with van der Waals surface area (Å²) in [4.78, 5) is 23.9. The van der Waals surface area contributed by atoms with Gasteiger partial charge in [-0.1, -0.05) is 19.9 Å². The van der Waals surface area contributed by atoms with Crippen molar-refractivity contribution in [3.63, 3.8) is 0 Å². The predicted molar refractivity (Wildman–Crippen MR) is 134 cm³/mol. The first-order valence-corrected chi connectivity index (χ1v) is 12.3. The van der Waals surface area contributed by atoms with Crippen LogP contribution in [-0.2, 0) is 6.42 Å². The number of rotatable bonds is 4. The number of nitrogens with one attached hydrogen (secondary N) is 1. The number of aliphatic hydroxyl groups is 1. The van der Waals surface area contributed by atoms with Crippen LogP contribution >= 0.6 is 0 Å². The smallest absolute Gasteiger partial charge is 0.274 e. The Balaban J connectivity index is 1.52. The molecule has 37 heavy (non-hydrogen) atoms. The largest absolute Gasteiger partial charge is 0.391 e. The first kappa shape index (κ1) is 25.2. The molecule has 5 rings (SSSR count). The number of fused-ring (bicyclic) bond motifs is 1. The van der Waals surface area contributed by atoms with Gasteiger partial charge in [-0.05, 0) is 48.6 Å². The van der Waals surface area contributed by atoms with Crippen molar-refractivity contribution < 1.29 is 23.1 Å². The number of halogens is 3. The number of carbonyl (C=O) groups excluding carboxylic acids is 1. The number of carbonyl (C=O) groups is 1. The van der Waals surface area contributed by atoms with E-state index in [9.17, 15) is 23.1 Å². The Hall–Kier alpha value is -3.50. The standard InChI is InChI=1S/C27H28F3N5O2/c1-13-6-7-15-23(13)32-10-21(25(15)35-11-14(2)26(36)19(31)12-35)34-27(37)20-9-8-18(30)24(33-20)22-16(28)4-3-5-17(22)29/h3-5,8-10,13-14,19,26,36H,6-7,11-12,31H2,1-2H3,(H,34,37)/t13?,14-,19+,26+/m0/s1. The summed E-state index contributed by atoms with van der Waals surface area (Å²) in [5.74, 6) is -3.43. The van der Waals surface area contributed by atoms with E-state index < -0.39 is 46.8 Å². The van der Waals surface area contributed by atoms with Gasteiger partial charge in [-0.15, -0.1) is 0 Å². The van der Waals surface area contributed by atoms with E-state index in [1.807, 2.05) is 6.92 Å². The molecule has 2 aliphatic rings. The van der Waals surface area contributed by atoms with E-state index in [2.05, 4.69) is 27.1 Å². The van der Waals surface area contributed by atoms with Gasteiger partial charge >= 0.3 is 0 Å². The molecule has 1 fully saturated rings. The lowest BCUT2D eigenvalue weighted by Crippen LogP contribution is -2.56. The summed E-state index contributed by atoms with van der Waals surface area (Å²) < 4.78 is 43.2. The zero-order valence-electron chi connectivity index (χ0n) is 20.5. The summed E-state index contributed by atoms with van der Waals surface area (Å²) in [6.45, 7) is 4.95. The number of nitrogens with zero attached hydrogens (tertiary/aromatic N) is 3. The van der Waals surface area contributed by atoms with Gasteiger partial charge in [-0.25, -0.2) is 18.2 Å². The van der Waals surface area contributed by atoms with Crippen molar-refractivity contribution >= 4 is 17.3 Å². The number of nitrogens with two attached hydrogens (primary N) is 1. The SMILES string of the molecule is CC1CCc2c1ncc(NC(=O)c1ccc(F)c(-c3c(F)cccc3F)n1)c2N1C[C@@H](N)[C@H](O)[C@@H](C)C1. The maximum Gasteiger partial charge on any atom is 0.274 e. The molecular weight excluding hydrogens is 483 g/mol. The van der Waals surface area contributed by atoms with Gasteiger partial charge in [0.2, 0.25) is 0 Å². The summed E-state index contributed by atoms with van der Waals surface area (Å²) in [7, 11) is 0. The van der Waals surface area contributed by atoms with Gasteiger partial charge in [0.05, 0.1) is 29.2 Å². The fraction of sp³-hybridized carbons (Fsp3) is 0.370. The zero-order chi connectivity index (χ0) is 26.4. The van der Waals surface area contributed by atoms with Crippen LogP contribution in [0.25, 0.3) is 11.3 Å². The molecule has 1 unspecified atom stereocenters. The van der Waals surface area contributed by atoms with Crippen molar-refractivity contribution in [1.29, 1.82) is 0 Å². The monoisotopic (exact) mass is 511 g/mol. The molecule has 0 spiro atoms. The van der Waals surface area contributed by atoms with E-state index in [1.54, 1.807) is 6.20 Å². The third-order valence-corrected chi connectivity index (χ3v) is 7.28. The van der Waals surface area contributed by atoms with Crippen LogP contribution in [0.5, 0.6) is 0 Å². The normalized spacial score (nSPS) is 23.2. The third kappa shape index (κ3) is 4.55. The highest BCUT2D eigenvalue weighted by atomic mass is 19.1. The number of aliphatic hydroxyl groups excluding tert-OH is 1. The molecule has 10 heteroatoms. The van der Waals surface area contributed by atoms with Crippen molar-refractivity contribution in [3.8, 4) is 11.3 Å². The van der Waals surface area contributed by atoms with E-state index in [0.29, 0.717) is 18.8 Å². The number of hydrogen-bond donors (Lipinski definition) is 3. The predicted octanol–water partition coefficient (Wildman–Crippen LogP) is 4.01. The Morgan fingerprint density at radius 3 is 2.54 bits per heavy atom. The van der Waals surface area contributed by atoms with E-state index >= 15 is 0 Å². The molecule has 3 aromatic rings. The van der Waals surface area contributed by atoms with Crippen molar-refractivity contribution in [2.24, 2.45) is 11.7 Å². The molecule has 1 aliphatic heterocycles. The highest BCUT2D eigenvalue weighted by molar-refractivity contribution is 6.05.